The number of hydrogen-bond donors (Lipinski definition) is 6. The molecule has 0 radical (unpaired) electrons. The van der Waals surface area contributed by atoms with Crippen LogP contribution in [-0.4, -0.2) is 86.0 Å². The lowest BCUT2D eigenvalue weighted by atomic mass is 9.55. The molecule has 4 rings (SSSR count). The van der Waals surface area contributed by atoms with E-state index in [1.54, 1.807) is 12.3 Å². The number of hydrogen-bond acceptors (Lipinski definition) is 10. The van der Waals surface area contributed by atoms with Gasteiger partial charge in [-0.2, -0.15) is 0 Å². The predicted molar refractivity (Wildman–Crippen MR) is 123 cm³/mol. The second-order valence-corrected chi connectivity index (χ2v) is 9.62. The Morgan fingerprint density at radius 3 is 2.32 bits per heavy atom. The van der Waals surface area contributed by atoms with Crippen LogP contribution in [0.2, 0.25) is 0 Å². The second kappa shape index (κ2) is 7.70. The highest BCUT2D eigenvalue weighted by Crippen LogP contribution is 2.56. The summed E-state index contributed by atoms with van der Waals surface area (Å²) >= 11 is 1.29. The van der Waals surface area contributed by atoms with Gasteiger partial charge >= 0.3 is 0 Å². The van der Waals surface area contributed by atoms with Crippen molar-refractivity contribution in [1.82, 2.24) is 4.90 Å². The fourth-order valence-electron chi connectivity index (χ4n) is 5.44. The van der Waals surface area contributed by atoms with E-state index in [1.165, 1.54) is 36.8 Å². The number of fused-ring (bicyclic) bond motifs is 3. The number of thioether (sulfide) groups is 1. The summed E-state index contributed by atoms with van der Waals surface area (Å²) in [5.74, 6) is -8.80. The number of aliphatic hydroxyl groups excluding tert-OH is 3. The van der Waals surface area contributed by atoms with Gasteiger partial charge in [-0.15, -0.1) is 11.8 Å². The molecule has 5 unspecified atom stereocenters. The Morgan fingerprint density at radius 1 is 1.18 bits per heavy atom. The van der Waals surface area contributed by atoms with Crippen molar-refractivity contribution in [3.05, 3.63) is 46.7 Å². The van der Waals surface area contributed by atoms with Crippen molar-refractivity contribution in [3.8, 4) is 5.75 Å². The lowest BCUT2D eigenvalue weighted by Crippen LogP contribution is -2.70. The molecule has 1 aromatic carbocycles. The summed E-state index contributed by atoms with van der Waals surface area (Å²) in [6, 6.07) is 1.50. The topological polar surface area (TPSA) is 182 Å². The molecule has 1 saturated carbocycles. The maximum absolute atomic E-state index is 13.8. The molecule has 1 amide bonds. The van der Waals surface area contributed by atoms with E-state index in [1.807, 2.05) is 0 Å². The molecule has 0 saturated heterocycles. The zero-order chi connectivity index (χ0) is 25.4. The summed E-state index contributed by atoms with van der Waals surface area (Å²) < 4.78 is 0. The summed E-state index contributed by atoms with van der Waals surface area (Å²) in [7, 11) is 2.89. The monoisotopic (exact) mass is 488 g/mol. The first-order valence-electron chi connectivity index (χ1n) is 10.2. The molecule has 3 aliphatic rings. The van der Waals surface area contributed by atoms with Crippen LogP contribution in [0.1, 0.15) is 11.1 Å². The fourth-order valence-corrected chi connectivity index (χ4v) is 6.08. The van der Waals surface area contributed by atoms with Crippen molar-refractivity contribution in [3.63, 3.8) is 0 Å². The molecule has 0 aliphatic heterocycles. The third-order valence-corrected chi connectivity index (χ3v) is 7.68. The molecule has 34 heavy (non-hydrogen) atoms. The van der Waals surface area contributed by atoms with Crippen molar-refractivity contribution in [2.24, 2.45) is 17.6 Å². The lowest BCUT2D eigenvalue weighted by molar-refractivity contribution is -0.166. The molecule has 10 nitrogen and oxygen atoms in total. The average molecular weight is 489 g/mol. The maximum Gasteiger partial charge on any atom is 0.255 e. The van der Waals surface area contributed by atoms with E-state index in [-0.39, 0.29) is 16.9 Å². The van der Waals surface area contributed by atoms with Crippen molar-refractivity contribution in [2.45, 2.75) is 22.6 Å². The van der Waals surface area contributed by atoms with Gasteiger partial charge in [-0.05, 0) is 38.1 Å². The number of phenolic OH excluding ortho intramolecular Hbond substituents is 1. The summed E-state index contributed by atoms with van der Waals surface area (Å²) in [4.78, 5) is 40.8. The van der Waals surface area contributed by atoms with Crippen molar-refractivity contribution >= 4 is 40.6 Å². The highest BCUT2D eigenvalue weighted by atomic mass is 32.2. The zero-order valence-corrected chi connectivity index (χ0v) is 19.4. The van der Waals surface area contributed by atoms with Gasteiger partial charge in [-0.3, -0.25) is 19.3 Å². The van der Waals surface area contributed by atoms with Crippen molar-refractivity contribution in [2.75, 3.05) is 20.4 Å². The molecular formula is C23H24N2O8S. The number of carbonyl (C=O) groups excluding carboxylic acids is 3. The van der Waals surface area contributed by atoms with E-state index in [0.29, 0.717) is 10.5 Å². The first kappa shape index (κ1) is 24.0. The minimum absolute atomic E-state index is 0.111. The van der Waals surface area contributed by atoms with Gasteiger partial charge in [0.1, 0.15) is 22.8 Å². The van der Waals surface area contributed by atoms with Gasteiger partial charge in [0.25, 0.3) is 5.91 Å². The molecule has 0 spiro atoms. The largest absolute Gasteiger partial charge is 0.508 e. The molecule has 0 aromatic heterocycles. The number of amides is 1. The van der Waals surface area contributed by atoms with Gasteiger partial charge in [-0.1, -0.05) is 6.58 Å². The van der Waals surface area contributed by atoms with Crippen LogP contribution in [-0.2, 0) is 14.4 Å². The maximum atomic E-state index is 13.8. The summed E-state index contributed by atoms with van der Waals surface area (Å²) in [5, 5.41) is 55.5. The number of likely N-dealkylation sites (N-methyl/N-ethyl adjacent to an activating group) is 1. The predicted octanol–water partition coefficient (Wildman–Crippen LogP) is 0.127. The molecule has 3 aliphatic carbocycles. The Labute approximate surface area is 198 Å². The zero-order valence-electron chi connectivity index (χ0n) is 18.6. The Kier molecular flexibility index (Phi) is 5.44. The number of phenols is 1. The average Bonchev–Trinajstić information content (AvgIpc) is 2.75. The van der Waals surface area contributed by atoms with Crippen LogP contribution in [0, 0.1) is 11.8 Å². The number of nitrogens with two attached hydrogens (primary N) is 1. The number of Topliss-reactive ketones (excluding diaryl/α,β-unsaturated/α-hetero) is 2. The van der Waals surface area contributed by atoms with Crippen LogP contribution in [0.25, 0.3) is 11.3 Å². The highest BCUT2D eigenvalue weighted by Gasteiger charge is 2.68. The van der Waals surface area contributed by atoms with Crippen LogP contribution in [0.5, 0.6) is 5.75 Å². The minimum Gasteiger partial charge on any atom is -0.508 e. The van der Waals surface area contributed by atoms with E-state index in [9.17, 15) is 39.9 Å². The molecule has 180 valence electrons. The minimum atomic E-state index is -2.95. The van der Waals surface area contributed by atoms with Gasteiger partial charge in [0.2, 0.25) is 5.78 Å². The van der Waals surface area contributed by atoms with Gasteiger partial charge in [0.05, 0.1) is 29.2 Å². The van der Waals surface area contributed by atoms with Gasteiger partial charge in [0, 0.05) is 16.4 Å². The Hall–Kier alpha value is -3.12. The summed E-state index contributed by atoms with van der Waals surface area (Å²) in [6.45, 7) is 4.01. The van der Waals surface area contributed by atoms with Gasteiger partial charge in [-0.25, -0.2) is 0 Å². The van der Waals surface area contributed by atoms with E-state index in [0.717, 1.165) is 0 Å². The summed E-state index contributed by atoms with van der Waals surface area (Å²) in [6.07, 6.45) is 0.0542. The molecule has 5 atom stereocenters. The number of aromatic hydroxyl groups is 1. The fraction of sp³-hybridized carbons (Fsp3) is 0.348. The first-order chi connectivity index (χ1) is 15.8. The quantitative estimate of drug-likeness (QED) is 0.253. The molecule has 7 N–H and O–H groups in total. The van der Waals surface area contributed by atoms with E-state index < -0.39 is 69.7 Å². The van der Waals surface area contributed by atoms with Crippen LogP contribution in [0.15, 0.2) is 40.5 Å². The highest BCUT2D eigenvalue weighted by molar-refractivity contribution is 7.98. The van der Waals surface area contributed by atoms with Crippen molar-refractivity contribution < 1.29 is 39.9 Å². The number of benzene rings is 1. The third kappa shape index (κ3) is 2.78. The first-order valence-corrected chi connectivity index (χ1v) is 11.5. The van der Waals surface area contributed by atoms with Crippen LogP contribution < -0.4 is 5.73 Å². The number of aliphatic hydroxyl groups is 4. The SMILES string of the molecule is C=C1c2c(SC)ccc(O)c2C(O)=C2C(=O)C3(O)C(O)=C(C(N)=O)C(=O)C(N(C)C)C3C(O)C12. The molecular weight excluding hydrogens is 464 g/mol. The normalized spacial score (nSPS) is 30.9. The van der Waals surface area contributed by atoms with E-state index in [4.69, 9.17) is 5.73 Å². The lowest BCUT2D eigenvalue weighted by Gasteiger charge is -2.53. The number of ketones is 2. The van der Waals surface area contributed by atoms with Crippen LogP contribution in [0.3, 0.4) is 0 Å². The second-order valence-electron chi connectivity index (χ2n) is 8.77. The molecule has 1 aromatic rings. The molecule has 0 heterocycles. The number of primary amides is 1. The number of nitrogens with zero attached hydrogens (tertiary/aromatic N) is 1. The standard InChI is InChI=1S/C23H24N2O8S/c1-7-10-9(34-4)6-5-8(26)12(10)17(27)13-11(7)18(28)15-16(25(2)3)19(29)14(22(24)32)21(31)23(15,33)20(13)30/h5-6,11,15-16,18,26-28,31,33H,1H2,2-4H3,(H2,24,32). The molecule has 1 fully saturated rings. The Morgan fingerprint density at radius 2 is 1.79 bits per heavy atom. The van der Waals surface area contributed by atoms with Crippen LogP contribution in [0.4, 0.5) is 0 Å². The number of carbonyl (C=O) groups is 3. The smallest absolute Gasteiger partial charge is 0.255 e. The Balaban J connectivity index is 2.09. The van der Waals surface area contributed by atoms with Gasteiger partial charge < -0.3 is 31.3 Å². The van der Waals surface area contributed by atoms with E-state index >= 15 is 0 Å². The third-order valence-electron chi connectivity index (χ3n) is 6.90. The molecule has 11 heteroatoms. The van der Waals surface area contributed by atoms with Crippen molar-refractivity contribution in [1.29, 1.82) is 0 Å². The number of rotatable bonds is 3. The summed E-state index contributed by atoms with van der Waals surface area (Å²) in [5.41, 5.74) is 1.26. The van der Waals surface area contributed by atoms with Crippen LogP contribution >= 0.6 is 11.8 Å². The van der Waals surface area contributed by atoms with E-state index in [2.05, 4.69) is 6.58 Å². The molecule has 0 bridgehead atoms. The Bertz CT molecular complexity index is 1250. The van der Waals surface area contributed by atoms with Gasteiger partial charge in [0.15, 0.2) is 11.4 Å².